The molecule has 1 aromatic carbocycles. The van der Waals surface area contributed by atoms with Crippen LogP contribution in [0.15, 0.2) is 29.2 Å². The van der Waals surface area contributed by atoms with E-state index >= 15 is 0 Å². The van der Waals surface area contributed by atoms with Gasteiger partial charge in [-0.3, -0.25) is 4.21 Å². The molecule has 0 saturated carbocycles. The normalized spacial score (nSPS) is 14.2. The van der Waals surface area contributed by atoms with E-state index < -0.39 is 11.1 Å². The molecule has 2 unspecified atom stereocenters. The molecule has 0 aromatic heterocycles. The van der Waals surface area contributed by atoms with Crippen LogP contribution in [0.4, 0.5) is 0 Å². The molecule has 0 heterocycles. The van der Waals surface area contributed by atoms with E-state index in [2.05, 4.69) is 13.8 Å². The van der Waals surface area contributed by atoms with Gasteiger partial charge in [0.05, 0.1) is 6.61 Å². The van der Waals surface area contributed by atoms with E-state index in [1.54, 1.807) is 24.3 Å². The summed E-state index contributed by atoms with van der Waals surface area (Å²) in [5, 5.41) is 0. The minimum atomic E-state index is -2.19. The SMILES string of the molecule is CCCCC(CC)COc1cccc(S(=O)[O-])c1. The average molecular weight is 269 g/mol. The zero-order chi connectivity index (χ0) is 13.4. The van der Waals surface area contributed by atoms with Crippen LogP contribution in [0.25, 0.3) is 0 Å². The van der Waals surface area contributed by atoms with Crippen LogP contribution in [0.5, 0.6) is 5.75 Å². The topological polar surface area (TPSA) is 49.4 Å². The highest BCUT2D eigenvalue weighted by Gasteiger charge is 2.07. The summed E-state index contributed by atoms with van der Waals surface area (Å²) in [6.45, 7) is 5.00. The van der Waals surface area contributed by atoms with Gasteiger partial charge in [0, 0.05) is 4.90 Å². The maximum absolute atomic E-state index is 10.8. The predicted octanol–water partition coefficient (Wildman–Crippen LogP) is 3.52. The van der Waals surface area contributed by atoms with Gasteiger partial charge in [-0.1, -0.05) is 39.2 Å². The third-order valence-electron chi connectivity index (χ3n) is 3.03. The quantitative estimate of drug-likeness (QED) is 0.678. The van der Waals surface area contributed by atoms with E-state index in [1.807, 2.05) is 0 Å². The van der Waals surface area contributed by atoms with Gasteiger partial charge in [-0.15, -0.1) is 0 Å². The Balaban J connectivity index is 2.51. The third kappa shape index (κ3) is 5.19. The zero-order valence-corrected chi connectivity index (χ0v) is 11.9. The molecule has 102 valence electrons. The van der Waals surface area contributed by atoms with Crippen molar-refractivity contribution < 1.29 is 13.5 Å². The van der Waals surface area contributed by atoms with Crippen LogP contribution >= 0.6 is 0 Å². The number of benzene rings is 1. The zero-order valence-electron chi connectivity index (χ0n) is 11.1. The highest BCUT2D eigenvalue weighted by atomic mass is 32.2. The summed E-state index contributed by atoms with van der Waals surface area (Å²) >= 11 is -2.19. The van der Waals surface area contributed by atoms with Crippen molar-refractivity contribution in [2.75, 3.05) is 6.61 Å². The highest BCUT2D eigenvalue weighted by Crippen LogP contribution is 2.18. The largest absolute Gasteiger partial charge is 0.768 e. The summed E-state index contributed by atoms with van der Waals surface area (Å²) in [6, 6.07) is 6.62. The Hall–Kier alpha value is -0.870. The van der Waals surface area contributed by atoms with Crippen molar-refractivity contribution >= 4 is 11.1 Å². The first-order chi connectivity index (χ1) is 8.67. The van der Waals surface area contributed by atoms with E-state index in [1.165, 1.54) is 19.3 Å². The van der Waals surface area contributed by atoms with Crippen LogP contribution in [0.3, 0.4) is 0 Å². The molecule has 0 bridgehead atoms. The molecule has 18 heavy (non-hydrogen) atoms. The Bertz CT molecular complexity index is 379. The Morgan fingerprint density at radius 1 is 1.39 bits per heavy atom. The summed E-state index contributed by atoms with van der Waals surface area (Å²) in [7, 11) is 0. The van der Waals surface area contributed by atoms with Crippen LogP contribution in [0, 0.1) is 5.92 Å². The van der Waals surface area contributed by atoms with E-state index in [4.69, 9.17) is 4.74 Å². The minimum absolute atomic E-state index is 0.272. The standard InChI is InChI=1S/C14H22O3S/c1-3-5-7-12(4-2)11-17-13-8-6-9-14(10-13)18(15)16/h6,8-10,12H,3-5,7,11H2,1-2H3,(H,15,16)/p-1. The predicted molar refractivity (Wildman–Crippen MR) is 72.4 cm³/mol. The minimum Gasteiger partial charge on any atom is -0.768 e. The van der Waals surface area contributed by atoms with Crippen molar-refractivity contribution in [3.8, 4) is 5.75 Å². The van der Waals surface area contributed by atoms with Crippen molar-refractivity contribution in [3.05, 3.63) is 24.3 Å². The average Bonchev–Trinajstić information content (AvgIpc) is 2.39. The first kappa shape index (κ1) is 15.2. The van der Waals surface area contributed by atoms with E-state index in [9.17, 15) is 8.76 Å². The summed E-state index contributed by atoms with van der Waals surface area (Å²) in [5.41, 5.74) is 0. The molecule has 0 spiro atoms. The summed E-state index contributed by atoms with van der Waals surface area (Å²) in [6.07, 6.45) is 4.67. The van der Waals surface area contributed by atoms with Crippen LogP contribution in [-0.4, -0.2) is 15.4 Å². The van der Waals surface area contributed by atoms with E-state index in [0.717, 1.165) is 6.42 Å². The lowest BCUT2D eigenvalue weighted by Gasteiger charge is -2.16. The van der Waals surface area contributed by atoms with E-state index in [0.29, 0.717) is 18.3 Å². The van der Waals surface area contributed by atoms with Gasteiger partial charge in [0.25, 0.3) is 0 Å². The lowest BCUT2D eigenvalue weighted by Crippen LogP contribution is -2.11. The molecule has 1 rings (SSSR count). The van der Waals surface area contributed by atoms with Crippen LogP contribution in [0.2, 0.25) is 0 Å². The fourth-order valence-corrected chi connectivity index (χ4v) is 2.18. The molecule has 0 fully saturated rings. The summed E-state index contributed by atoms with van der Waals surface area (Å²) in [4.78, 5) is 0.272. The Morgan fingerprint density at radius 3 is 2.78 bits per heavy atom. The van der Waals surface area contributed by atoms with Crippen molar-refractivity contribution in [2.24, 2.45) is 5.92 Å². The van der Waals surface area contributed by atoms with Gasteiger partial charge < -0.3 is 9.29 Å². The first-order valence-corrected chi connectivity index (χ1v) is 7.57. The van der Waals surface area contributed by atoms with Gasteiger partial charge in [-0.2, -0.15) is 0 Å². The number of ether oxygens (including phenoxy) is 1. The first-order valence-electron chi connectivity index (χ1n) is 6.49. The molecule has 0 aliphatic rings. The maximum Gasteiger partial charge on any atom is 0.120 e. The third-order valence-corrected chi connectivity index (χ3v) is 3.67. The second kappa shape index (κ2) is 8.27. The molecule has 0 N–H and O–H groups in total. The van der Waals surface area contributed by atoms with Crippen LogP contribution in [-0.2, 0) is 11.1 Å². The molecule has 3 nitrogen and oxygen atoms in total. The molecule has 2 atom stereocenters. The molecule has 0 radical (unpaired) electrons. The van der Waals surface area contributed by atoms with Gasteiger partial charge in [0.2, 0.25) is 0 Å². The molecule has 0 aliphatic carbocycles. The second-order valence-corrected chi connectivity index (χ2v) is 5.38. The second-order valence-electron chi connectivity index (χ2n) is 4.44. The van der Waals surface area contributed by atoms with E-state index in [-0.39, 0.29) is 4.90 Å². The Labute approximate surface area is 112 Å². The monoisotopic (exact) mass is 269 g/mol. The summed E-state index contributed by atoms with van der Waals surface area (Å²) < 4.78 is 27.3. The molecule has 0 saturated heterocycles. The fraction of sp³-hybridized carbons (Fsp3) is 0.571. The van der Waals surface area contributed by atoms with Crippen molar-refractivity contribution in [3.63, 3.8) is 0 Å². The smallest absolute Gasteiger partial charge is 0.120 e. The summed E-state index contributed by atoms with van der Waals surface area (Å²) in [5.74, 6) is 1.18. The van der Waals surface area contributed by atoms with Crippen molar-refractivity contribution in [2.45, 2.75) is 44.4 Å². The maximum atomic E-state index is 10.8. The Kier molecular flexibility index (Phi) is 6.98. The van der Waals surface area contributed by atoms with Gasteiger partial charge in [0.15, 0.2) is 0 Å². The van der Waals surface area contributed by atoms with Crippen LogP contribution in [0.1, 0.15) is 39.5 Å². The number of rotatable bonds is 8. The van der Waals surface area contributed by atoms with Crippen LogP contribution < -0.4 is 4.74 Å². The lowest BCUT2D eigenvalue weighted by molar-refractivity contribution is 0.233. The van der Waals surface area contributed by atoms with Gasteiger partial charge >= 0.3 is 0 Å². The molecule has 0 amide bonds. The van der Waals surface area contributed by atoms with Gasteiger partial charge in [0.1, 0.15) is 5.75 Å². The number of hydrogen-bond acceptors (Lipinski definition) is 3. The Morgan fingerprint density at radius 2 is 2.17 bits per heavy atom. The molecule has 4 heteroatoms. The number of unbranched alkanes of at least 4 members (excludes halogenated alkanes) is 1. The lowest BCUT2D eigenvalue weighted by atomic mass is 10.0. The molecule has 1 aromatic rings. The van der Waals surface area contributed by atoms with Gasteiger partial charge in [-0.05, 0) is 41.6 Å². The highest BCUT2D eigenvalue weighted by molar-refractivity contribution is 7.79. The van der Waals surface area contributed by atoms with Gasteiger partial charge in [-0.25, -0.2) is 0 Å². The van der Waals surface area contributed by atoms with Crippen molar-refractivity contribution in [1.82, 2.24) is 0 Å². The van der Waals surface area contributed by atoms with Crippen molar-refractivity contribution in [1.29, 1.82) is 0 Å². The fourth-order valence-electron chi connectivity index (χ4n) is 1.78. The molecular weight excluding hydrogens is 248 g/mol. The molecular formula is C14H21O3S-. The molecule has 0 aliphatic heterocycles. The number of hydrogen-bond donors (Lipinski definition) is 0.